The molecule has 1 aliphatic heterocycles. The van der Waals surface area contributed by atoms with Gasteiger partial charge in [-0.15, -0.1) is 0 Å². The van der Waals surface area contributed by atoms with Crippen LogP contribution in [0.5, 0.6) is 0 Å². The summed E-state index contributed by atoms with van der Waals surface area (Å²) in [4.78, 5) is 46.5. The maximum absolute atomic E-state index is 14.9. The van der Waals surface area contributed by atoms with Gasteiger partial charge in [-0.25, -0.2) is 14.2 Å². The average molecular weight is 480 g/mol. The van der Waals surface area contributed by atoms with Crippen LogP contribution in [0, 0.1) is 19.7 Å². The van der Waals surface area contributed by atoms with E-state index in [9.17, 15) is 23.9 Å². The topological polar surface area (TPSA) is 118 Å². The van der Waals surface area contributed by atoms with Crippen LogP contribution < -0.4 is 0 Å². The molecule has 182 valence electrons. The van der Waals surface area contributed by atoms with Crippen molar-refractivity contribution in [2.24, 2.45) is 0 Å². The third-order valence-corrected chi connectivity index (χ3v) is 6.18. The standard InChI is InChI=1S/C25H25FN4O5/c1-14-18(15(2)28-20(14)25(34)35-3)22(31)19-21(16-7-4-5-8-17(16)26)30(24(33)23(19)32)11-6-10-29-12-9-27-13-29/h4-5,7-9,12-13,21,28,31H,6,10-11H2,1-3H3/b22-19+/t21-/m1/s1. The van der Waals surface area contributed by atoms with E-state index in [1.807, 2.05) is 4.57 Å². The molecule has 1 saturated heterocycles. The van der Waals surface area contributed by atoms with E-state index in [1.165, 1.54) is 30.2 Å². The van der Waals surface area contributed by atoms with Crippen molar-refractivity contribution in [1.29, 1.82) is 0 Å². The number of nitrogens with one attached hydrogen (secondary N) is 1. The summed E-state index contributed by atoms with van der Waals surface area (Å²) < 4.78 is 21.5. The van der Waals surface area contributed by atoms with Crippen LogP contribution in [0.25, 0.3) is 5.76 Å². The maximum atomic E-state index is 14.9. The Hall–Kier alpha value is -4.21. The number of Topliss-reactive ketones (excluding diaryl/α,β-unsaturated/α-hetero) is 1. The molecule has 1 fully saturated rings. The zero-order chi connectivity index (χ0) is 25.3. The molecule has 4 rings (SSSR count). The fraction of sp³-hybridized carbons (Fsp3) is 0.280. The Morgan fingerprint density at radius 3 is 2.63 bits per heavy atom. The zero-order valence-electron chi connectivity index (χ0n) is 19.5. The van der Waals surface area contributed by atoms with Crippen LogP contribution in [0.15, 0.2) is 48.6 Å². The second-order valence-corrected chi connectivity index (χ2v) is 8.28. The Balaban J connectivity index is 1.81. The number of nitrogens with zero attached hydrogens (tertiary/aromatic N) is 3. The number of ketones is 1. The molecule has 0 unspecified atom stereocenters. The van der Waals surface area contributed by atoms with Gasteiger partial charge >= 0.3 is 5.97 Å². The Morgan fingerprint density at radius 2 is 1.97 bits per heavy atom. The van der Waals surface area contributed by atoms with Crippen molar-refractivity contribution in [3.8, 4) is 0 Å². The monoisotopic (exact) mass is 480 g/mol. The molecule has 0 radical (unpaired) electrons. The van der Waals surface area contributed by atoms with Gasteiger partial charge in [0.15, 0.2) is 0 Å². The molecule has 0 spiro atoms. The van der Waals surface area contributed by atoms with Crippen LogP contribution in [0.4, 0.5) is 4.39 Å². The molecule has 1 aliphatic rings. The molecule has 3 aromatic rings. The van der Waals surface area contributed by atoms with E-state index < -0.39 is 35.3 Å². The number of imidazole rings is 1. The number of carbonyl (C=O) groups excluding carboxylic acids is 3. The highest BCUT2D eigenvalue weighted by molar-refractivity contribution is 6.46. The van der Waals surface area contributed by atoms with Crippen LogP contribution in [0.3, 0.4) is 0 Å². The number of aliphatic hydroxyl groups excluding tert-OH is 1. The van der Waals surface area contributed by atoms with E-state index in [0.29, 0.717) is 24.2 Å². The normalized spacial score (nSPS) is 17.3. The summed E-state index contributed by atoms with van der Waals surface area (Å²) in [5.74, 6) is -3.48. The smallest absolute Gasteiger partial charge is 0.354 e. The highest BCUT2D eigenvalue weighted by atomic mass is 19.1. The summed E-state index contributed by atoms with van der Waals surface area (Å²) >= 11 is 0. The van der Waals surface area contributed by atoms with Gasteiger partial charge in [-0.1, -0.05) is 18.2 Å². The number of aromatic nitrogens is 3. The second kappa shape index (κ2) is 9.57. The largest absolute Gasteiger partial charge is 0.507 e. The number of ether oxygens (including phenoxy) is 1. The number of hydrogen-bond acceptors (Lipinski definition) is 6. The summed E-state index contributed by atoms with van der Waals surface area (Å²) in [6, 6.07) is 4.70. The number of rotatable bonds is 7. The van der Waals surface area contributed by atoms with E-state index in [0.717, 1.165) is 0 Å². The van der Waals surface area contributed by atoms with Crippen molar-refractivity contribution in [3.05, 3.63) is 82.5 Å². The number of benzene rings is 1. The number of amides is 1. The Kier molecular flexibility index (Phi) is 6.54. The van der Waals surface area contributed by atoms with Crippen LogP contribution in [0.2, 0.25) is 0 Å². The van der Waals surface area contributed by atoms with Gasteiger partial charge in [0, 0.05) is 42.3 Å². The van der Waals surface area contributed by atoms with Crippen molar-refractivity contribution in [1.82, 2.24) is 19.4 Å². The predicted molar refractivity (Wildman–Crippen MR) is 124 cm³/mol. The summed E-state index contributed by atoms with van der Waals surface area (Å²) in [6.45, 7) is 3.89. The first-order valence-electron chi connectivity index (χ1n) is 11.0. The molecule has 9 nitrogen and oxygen atoms in total. The summed E-state index contributed by atoms with van der Waals surface area (Å²) in [5.41, 5.74) is 0.926. The highest BCUT2D eigenvalue weighted by Gasteiger charge is 2.47. The highest BCUT2D eigenvalue weighted by Crippen LogP contribution is 2.41. The zero-order valence-corrected chi connectivity index (χ0v) is 19.5. The lowest BCUT2D eigenvalue weighted by Gasteiger charge is -2.25. The van der Waals surface area contributed by atoms with E-state index >= 15 is 0 Å². The first kappa shape index (κ1) is 23.9. The molecule has 1 aromatic carbocycles. The Bertz CT molecular complexity index is 1330. The van der Waals surface area contributed by atoms with Gasteiger partial charge in [0.1, 0.15) is 17.3 Å². The molecule has 3 heterocycles. The fourth-order valence-corrected chi connectivity index (χ4v) is 4.52. The first-order chi connectivity index (χ1) is 16.8. The van der Waals surface area contributed by atoms with Crippen molar-refractivity contribution in [2.45, 2.75) is 32.9 Å². The number of likely N-dealkylation sites (tertiary alicyclic amines) is 1. The third kappa shape index (κ3) is 4.23. The molecule has 10 heteroatoms. The lowest BCUT2D eigenvalue weighted by molar-refractivity contribution is -0.140. The van der Waals surface area contributed by atoms with Gasteiger partial charge in [0.2, 0.25) is 0 Å². The van der Waals surface area contributed by atoms with E-state index in [4.69, 9.17) is 4.74 Å². The quantitative estimate of drug-likeness (QED) is 0.232. The minimum absolute atomic E-state index is 0.0925. The number of hydrogen-bond donors (Lipinski definition) is 2. The molecule has 2 aromatic heterocycles. The summed E-state index contributed by atoms with van der Waals surface area (Å²) in [6.07, 6.45) is 5.52. The minimum Gasteiger partial charge on any atom is -0.507 e. The number of halogens is 1. The molecule has 0 saturated carbocycles. The fourth-order valence-electron chi connectivity index (χ4n) is 4.52. The number of esters is 1. The number of aryl methyl sites for hydroxylation is 2. The molecule has 1 atom stereocenters. The molecule has 2 N–H and O–H groups in total. The predicted octanol–water partition coefficient (Wildman–Crippen LogP) is 3.27. The average Bonchev–Trinajstić information content (AvgIpc) is 3.52. The molecule has 35 heavy (non-hydrogen) atoms. The van der Waals surface area contributed by atoms with Crippen molar-refractivity contribution < 1.29 is 28.6 Å². The number of aliphatic hydroxyl groups is 1. The lowest BCUT2D eigenvalue weighted by Crippen LogP contribution is -2.31. The van der Waals surface area contributed by atoms with E-state index in [1.54, 1.807) is 38.6 Å². The second-order valence-electron chi connectivity index (χ2n) is 8.28. The molecule has 0 aliphatic carbocycles. The molecular formula is C25H25FN4O5. The van der Waals surface area contributed by atoms with Crippen molar-refractivity contribution >= 4 is 23.4 Å². The number of carbonyl (C=O) groups is 3. The lowest BCUT2D eigenvalue weighted by atomic mass is 9.93. The Labute approximate surface area is 200 Å². The third-order valence-electron chi connectivity index (χ3n) is 6.18. The molecule has 0 bridgehead atoms. The SMILES string of the molecule is COC(=O)c1[nH]c(C)c(/C(O)=C2\C(=O)C(=O)N(CCCn3ccnc3)[C@@H]2c2ccccc2F)c1C. The number of methoxy groups -OCH3 is 1. The number of aromatic amines is 1. The van der Waals surface area contributed by atoms with Gasteiger partial charge in [-0.3, -0.25) is 9.59 Å². The van der Waals surface area contributed by atoms with Gasteiger partial charge < -0.3 is 24.3 Å². The maximum Gasteiger partial charge on any atom is 0.354 e. The van der Waals surface area contributed by atoms with Gasteiger partial charge in [0.05, 0.1) is 25.1 Å². The first-order valence-corrected chi connectivity index (χ1v) is 11.0. The van der Waals surface area contributed by atoms with Crippen molar-refractivity contribution in [2.75, 3.05) is 13.7 Å². The van der Waals surface area contributed by atoms with Gasteiger partial charge in [-0.05, 0) is 31.9 Å². The van der Waals surface area contributed by atoms with Crippen LogP contribution in [-0.2, 0) is 20.9 Å². The molecule has 1 amide bonds. The number of H-pyrrole nitrogens is 1. The molecular weight excluding hydrogens is 455 g/mol. The van der Waals surface area contributed by atoms with Crippen LogP contribution >= 0.6 is 0 Å². The Morgan fingerprint density at radius 1 is 1.23 bits per heavy atom. The van der Waals surface area contributed by atoms with Crippen molar-refractivity contribution in [3.63, 3.8) is 0 Å². The van der Waals surface area contributed by atoms with Gasteiger partial charge in [0.25, 0.3) is 11.7 Å². The van der Waals surface area contributed by atoms with Crippen LogP contribution in [0.1, 0.15) is 45.3 Å². The van der Waals surface area contributed by atoms with Gasteiger partial charge in [-0.2, -0.15) is 0 Å². The summed E-state index contributed by atoms with van der Waals surface area (Å²) in [5, 5.41) is 11.3. The van der Waals surface area contributed by atoms with E-state index in [2.05, 4.69) is 9.97 Å². The minimum atomic E-state index is -1.13. The van der Waals surface area contributed by atoms with Crippen LogP contribution in [-0.4, -0.2) is 55.9 Å². The van der Waals surface area contributed by atoms with E-state index in [-0.39, 0.29) is 28.9 Å². The summed E-state index contributed by atoms with van der Waals surface area (Å²) in [7, 11) is 1.23.